The van der Waals surface area contributed by atoms with Crippen LogP contribution in [0.25, 0.3) is 0 Å². The largest absolute Gasteiger partial charge is 0.465 e. The summed E-state index contributed by atoms with van der Waals surface area (Å²) in [5, 5.41) is 0. The zero-order valence-electron chi connectivity index (χ0n) is 16.3. The summed E-state index contributed by atoms with van der Waals surface area (Å²) in [6, 6.07) is 0. The van der Waals surface area contributed by atoms with Crippen LogP contribution >= 0.6 is 0 Å². The van der Waals surface area contributed by atoms with Crippen LogP contribution in [0.15, 0.2) is 36.5 Å². The summed E-state index contributed by atoms with van der Waals surface area (Å²) < 4.78 is 10.7. The predicted molar refractivity (Wildman–Crippen MR) is 102 cm³/mol. The Balaban J connectivity index is 4.64. The number of carbonyl (C=O) groups is 2. The molecule has 142 valence electrons. The molecule has 0 amide bonds. The lowest BCUT2D eigenvalue weighted by Crippen LogP contribution is -2.31. The van der Waals surface area contributed by atoms with E-state index in [4.69, 9.17) is 9.47 Å². The Morgan fingerprint density at radius 1 is 0.960 bits per heavy atom. The number of ether oxygens (including phenoxy) is 2. The number of hydrogen-bond acceptors (Lipinski definition) is 4. The van der Waals surface area contributed by atoms with E-state index in [9.17, 15) is 9.59 Å². The standard InChI is InChI=1S/C21H34O4/c1-7-10-11-19(21(23)25-15-13-17(5)9-3)18(6)20(22)24-14-12-16(4)8-2/h7,10,18-19H,4-5,8-9,11-15H2,1-3,6H3. The number of esters is 2. The highest BCUT2D eigenvalue weighted by atomic mass is 16.5. The van der Waals surface area contributed by atoms with Crippen LogP contribution in [0.4, 0.5) is 0 Å². The van der Waals surface area contributed by atoms with E-state index in [1.807, 2.05) is 32.9 Å². The third kappa shape index (κ3) is 9.90. The Morgan fingerprint density at radius 3 is 1.88 bits per heavy atom. The molecule has 0 aliphatic heterocycles. The van der Waals surface area contributed by atoms with Crippen LogP contribution in [0.5, 0.6) is 0 Å². The van der Waals surface area contributed by atoms with Gasteiger partial charge >= 0.3 is 11.9 Å². The first-order valence-corrected chi connectivity index (χ1v) is 9.14. The highest BCUT2D eigenvalue weighted by molar-refractivity contribution is 5.82. The Morgan fingerprint density at radius 2 is 1.44 bits per heavy atom. The van der Waals surface area contributed by atoms with Crippen LogP contribution in [0, 0.1) is 11.8 Å². The van der Waals surface area contributed by atoms with Crippen molar-refractivity contribution in [2.24, 2.45) is 11.8 Å². The SMILES string of the molecule is C=C(CC)CCOC(=O)C(C)C(CC=CC)C(=O)OCCC(=C)CC. The maximum absolute atomic E-state index is 12.4. The normalized spacial score (nSPS) is 13.3. The van der Waals surface area contributed by atoms with Crippen LogP contribution in [-0.4, -0.2) is 25.2 Å². The maximum Gasteiger partial charge on any atom is 0.310 e. The molecule has 4 heteroatoms. The van der Waals surface area contributed by atoms with E-state index in [0.29, 0.717) is 32.5 Å². The van der Waals surface area contributed by atoms with Crippen molar-refractivity contribution in [3.63, 3.8) is 0 Å². The molecule has 0 N–H and O–H groups in total. The minimum absolute atomic E-state index is 0.302. The molecule has 0 saturated carbocycles. The molecule has 0 heterocycles. The number of hydrogen-bond donors (Lipinski definition) is 0. The van der Waals surface area contributed by atoms with E-state index in [-0.39, 0.29) is 11.9 Å². The van der Waals surface area contributed by atoms with Crippen LogP contribution < -0.4 is 0 Å². The summed E-state index contributed by atoms with van der Waals surface area (Å²) in [5.41, 5.74) is 2.09. The minimum Gasteiger partial charge on any atom is -0.465 e. The highest BCUT2D eigenvalue weighted by Gasteiger charge is 2.31. The summed E-state index contributed by atoms with van der Waals surface area (Å²) in [4.78, 5) is 24.6. The van der Waals surface area contributed by atoms with Gasteiger partial charge in [0.05, 0.1) is 25.0 Å². The van der Waals surface area contributed by atoms with Crippen molar-refractivity contribution in [2.75, 3.05) is 13.2 Å². The monoisotopic (exact) mass is 350 g/mol. The summed E-state index contributed by atoms with van der Waals surface area (Å²) in [6.07, 6.45) is 7.23. The van der Waals surface area contributed by atoms with E-state index >= 15 is 0 Å². The van der Waals surface area contributed by atoms with E-state index in [1.54, 1.807) is 6.92 Å². The van der Waals surface area contributed by atoms with Gasteiger partial charge in [-0.25, -0.2) is 0 Å². The summed E-state index contributed by atoms with van der Waals surface area (Å²) >= 11 is 0. The van der Waals surface area contributed by atoms with E-state index < -0.39 is 11.8 Å². The molecule has 0 aromatic rings. The molecule has 0 aliphatic rings. The van der Waals surface area contributed by atoms with Gasteiger partial charge in [-0.2, -0.15) is 0 Å². The molecule has 2 unspecified atom stereocenters. The molecular weight excluding hydrogens is 316 g/mol. The van der Waals surface area contributed by atoms with Gasteiger partial charge in [-0.15, -0.1) is 0 Å². The fourth-order valence-electron chi connectivity index (χ4n) is 2.14. The molecule has 0 aromatic carbocycles. The lowest BCUT2D eigenvalue weighted by molar-refractivity contribution is -0.160. The number of carbonyl (C=O) groups excluding carboxylic acids is 2. The highest BCUT2D eigenvalue weighted by Crippen LogP contribution is 2.21. The van der Waals surface area contributed by atoms with Gasteiger partial charge in [0.25, 0.3) is 0 Å². The van der Waals surface area contributed by atoms with Crippen molar-refractivity contribution in [1.29, 1.82) is 0 Å². The second kappa shape index (κ2) is 13.5. The van der Waals surface area contributed by atoms with Crippen molar-refractivity contribution in [2.45, 2.75) is 59.8 Å². The minimum atomic E-state index is -0.548. The molecule has 0 rings (SSSR count). The summed E-state index contributed by atoms with van der Waals surface area (Å²) in [7, 11) is 0. The molecule has 2 atom stereocenters. The van der Waals surface area contributed by atoms with Crippen LogP contribution in [0.2, 0.25) is 0 Å². The Hall–Kier alpha value is -1.84. The van der Waals surface area contributed by atoms with Gasteiger partial charge < -0.3 is 9.47 Å². The lowest BCUT2D eigenvalue weighted by Gasteiger charge is -2.20. The quantitative estimate of drug-likeness (QED) is 0.346. The average Bonchev–Trinajstić information content (AvgIpc) is 2.61. The molecule has 0 saturated heterocycles. The second-order valence-corrected chi connectivity index (χ2v) is 6.24. The first kappa shape index (κ1) is 23.2. The average molecular weight is 350 g/mol. The zero-order chi connectivity index (χ0) is 19.2. The second-order valence-electron chi connectivity index (χ2n) is 6.24. The Labute approximate surface area is 153 Å². The fraction of sp³-hybridized carbons (Fsp3) is 0.619. The Kier molecular flexibility index (Phi) is 12.5. The first-order valence-electron chi connectivity index (χ1n) is 9.14. The van der Waals surface area contributed by atoms with Gasteiger partial charge in [0.15, 0.2) is 0 Å². The van der Waals surface area contributed by atoms with Crippen LogP contribution in [-0.2, 0) is 19.1 Å². The number of allylic oxidation sites excluding steroid dienone is 2. The van der Waals surface area contributed by atoms with Crippen LogP contribution in [0.1, 0.15) is 59.8 Å². The molecule has 0 spiro atoms. The third-order valence-electron chi connectivity index (χ3n) is 4.30. The van der Waals surface area contributed by atoms with Crippen molar-refractivity contribution in [3.8, 4) is 0 Å². The summed E-state index contributed by atoms with van der Waals surface area (Å²) in [5.74, 6) is -1.81. The maximum atomic E-state index is 12.4. The molecule has 0 bridgehead atoms. The topological polar surface area (TPSA) is 52.6 Å². The molecule has 0 fully saturated rings. The van der Waals surface area contributed by atoms with Gasteiger partial charge in [-0.3, -0.25) is 9.59 Å². The molecule has 4 nitrogen and oxygen atoms in total. The Bertz CT molecular complexity index is 476. The molecule has 0 radical (unpaired) electrons. The first-order chi connectivity index (χ1) is 11.9. The zero-order valence-corrected chi connectivity index (χ0v) is 16.3. The van der Waals surface area contributed by atoms with E-state index in [2.05, 4.69) is 13.2 Å². The predicted octanol–water partition coefficient (Wildman–Crippen LogP) is 5.00. The molecule has 25 heavy (non-hydrogen) atoms. The van der Waals surface area contributed by atoms with Gasteiger partial charge in [-0.1, -0.05) is 57.2 Å². The van der Waals surface area contributed by atoms with Gasteiger partial charge in [0, 0.05) is 12.8 Å². The molecular formula is C21H34O4. The van der Waals surface area contributed by atoms with Crippen molar-refractivity contribution in [3.05, 3.63) is 36.5 Å². The molecule has 0 aromatic heterocycles. The van der Waals surface area contributed by atoms with Crippen molar-refractivity contribution >= 4 is 11.9 Å². The van der Waals surface area contributed by atoms with Crippen molar-refractivity contribution in [1.82, 2.24) is 0 Å². The van der Waals surface area contributed by atoms with Gasteiger partial charge in [0.1, 0.15) is 0 Å². The third-order valence-corrected chi connectivity index (χ3v) is 4.30. The smallest absolute Gasteiger partial charge is 0.310 e. The molecule has 0 aliphatic carbocycles. The van der Waals surface area contributed by atoms with E-state index in [0.717, 1.165) is 24.0 Å². The van der Waals surface area contributed by atoms with Gasteiger partial charge in [-0.05, 0) is 26.2 Å². The lowest BCUT2D eigenvalue weighted by atomic mass is 9.91. The number of rotatable bonds is 13. The fourth-order valence-corrected chi connectivity index (χ4v) is 2.14. The van der Waals surface area contributed by atoms with Gasteiger partial charge in [0.2, 0.25) is 0 Å². The van der Waals surface area contributed by atoms with E-state index in [1.165, 1.54) is 0 Å². The van der Waals surface area contributed by atoms with Crippen LogP contribution in [0.3, 0.4) is 0 Å². The summed E-state index contributed by atoms with van der Waals surface area (Å²) in [6.45, 7) is 16.0. The van der Waals surface area contributed by atoms with Crippen molar-refractivity contribution < 1.29 is 19.1 Å².